The number of esters is 1. The molecule has 0 aliphatic rings. The van der Waals surface area contributed by atoms with Crippen LogP contribution in [0.3, 0.4) is 0 Å². The van der Waals surface area contributed by atoms with E-state index in [2.05, 4.69) is 10.3 Å². The van der Waals surface area contributed by atoms with Crippen LogP contribution in [0.1, 0.15) is 23.7 Å². The van der Waals surface area contributed by atoms with Crippen molar-refractivity contribution in [3.63, 3.8) is 0 Å². The lowest BCUT2D eigenvalue weighted by molar-refractivity contribution is -0.124. The summed E-state index contributed by atoms with van der Waals surface area (Å²) < 4.78 is 16.6. The van der Waals surface area contributed by atoms with Gasteiger partial charge in [-0.25, -0.2) is 14.8 Å². The van der Waals surface area contributed by atoms with Gasteiger partial charge in [-0.1, -0.05) is 30.1 Å². The Morgan fingerprint density at radius 2 is 1.59 bits per heavy atom. The van der Waals surface area contributed by atoms with Gasteiger partial charge in [0, 0.05) is 5.02 Å². The van der Waals surface area contributed by atoms with E-state index in [0.29, 0.717) is 44.7 Å². The van der Waals surface area contributed by atoms with Crippen LogP contribution in [0, 0.1) is 0 Å². The van der Waals surface area contributed by atoms with E-state index in [4.69, 9.17) is 41.8 Å². The van der Waals surface area contributed by atoms with Gasteiger partial charge in [0.1, 0.15) is 11.4 Å². The lowest BCUT2D eigenvalue weighted by Gasteiger charge is -2.17. The van der Waals surface area contributed by atoms with Crippen molar-refractivity contribution in [1.82, 2.24) is 9.97 Å². The maximum atomic E-state index is 13.0. The van der Waals surface area contributed by atoms with E-state index in [1.807, 2.05) is 0 Å². The summed E-state index contributed by atoms with van der Waals surface area (Å²) in [6, 6.07) is 16.5. The molecule has 0 saturated carbocycles. The summed E-state index contributed by atoms with van der Waals surface area (Å²) in [6.45, 7) is 1.73. The Kier molecular flexibility index (Phi) is 6.94. The number of furan rings is 2. The average molecular weight is 536 g/mol. The number of ether oxygens (including phenoxy) is 1. The van der Waals surface area contributed by atoms with Crippen LogP contribution in [-0.2, 0) is 9.53 Å². The van der Waals surface area contributed by atoms with Gasteiger partial charge in [-0.05, 0) is 67.1 Å². The fourth-order valence-corrected chi connectivity index (χ4v) is 4.13. The van der Waals surface area contributed by atoms with Crippen molar-refractivity contribution in [2.75, 3.05) is 5.32 Å². The molecule has 5 rings (SSSR count). The van der Waals surface area contributed by atoms with E-state index in [1.165, 1.54) is 12.3 Å². The minimum atomic E-state index is -1.04. The zero-order chi connectivity index (χ0) is 25.9. The van der Waals surface area contributed by atoms with Gasteiger partial charge in [0.25, 0.3) is 5.91 Å². The molecular weight excluding hydrogens is 517 g/mol. The second-order valence-electron chi connectivity index (χ2n) is 7.99. The Labute approximate surface area is 221 Å². The van der Waals surface area contributed by atoms with E-state index < -0.39 is 18.0 Å². The smallest absolute Gasteiger partial charge is 0.338 e. The number of rotatable bonds is 7. The summed E-state index contributed by atoms with van der Waals surface area (Å²) in [5.74, 6) is -0.161. The van der Waals surface area contributed by atoms with Gasteiger partial charge >= 0.3 is 5.97 Å². The van der Waals surface area contributed by atoms with Gasteiger partial charge in [0.15, 0.2) is 17.6 Å². The Hall–Kier alpha value is -4.14. The van der Waals surface area contributed by atoms with Crippen molar-refractivity contribution in [2.24, 2.45) is 0 Å². The second-order valence-corrected chi connectivity index (χ2v) is 8.84. The molecule has 0 bridgehead atoms. The van der Waals surface area contributed by atoms with E-state index >= 15 is 0 Å². The first-order valence-electron chi connectivity index (χ1n) is 11.3. The third kappa shape index (κ3) is 5.21. The molecule has 3 aromatic heterocycles. The number of nitrogens with zero attached hydrogens (tertiary/aromatic N) is 2. The standard InChI is InChI=1S/C27H19Cl2N3O5/c1-2-21(26(33)32-18-10-8-16(28)14-17(18)29)37-27(34)15-7-9-19-20(13-15)31-25(23-6-4-12-36-23)24(30-19)22-5-3-11-35-22/h3-14,21H,2H2,1H3,(H,32,33). The van der Waals surface area contributed by atoms with Crippen molar-refractivity contribution >= 4 is 51.8 Å². The monoisotopic (exact) mass is 535 g/mol. The fraction of sp³-hybridized carbons (Fsp3) is 0.111. The van der Waals surface area contributed by atoms with Gasteiger partial charge in [-0.15, -0.1) is 0 Å². The number of nitrogens with one attached hydrogen (secondary N) is 1. The highest BCUT2D eigenvalue weighted by Gasteiger charge is 2.24. The highest BCUT2D eigenvalue weighted by atomic mass is 35.5. The van der Waals surface area contributed by atoms with E-state index in [9.17, 15) is 9.59 Å². The third-order valence-corrected chi connectivity index (χ3v) is 6.06. The number of benzene rings is 2. The Balaban J connectivity index is 1.41. The van der Waals surface area contributed by atoms with Crippen LogP contribution in [-0.4, -0.2) is 27.9 Å². The largest absolute Gasteiger partial charge is 0.463 e. The topological polar surface area (TPSA) is 107 Å². The molecule has 5 aromatic rings. The van der Waals surface area contributed by atoms with Crippen molar-refractivity contribution < 1.29 is 23.2 Å². The minimum absolute atomic E-state index is 0.216. The van der Waals surface area contributed by atoms with Crippen LogP contribution in [0.5, 0.6) is 0 Å². The molecule has 0 radical (unpaired) electrons. The maximum Gasteiger partial charge on any atom is 0.338 e. The van der Waals surface area contributed by atoms with Crippen LogP contribution >= 0.6 is 23.2 Å². The molecule has 1 unspecified atom stereocenters. The molecule has 8 nitrogen and oxygen atoms in total. The van der Waals surface area contributed by atoms with Crippen LogP contribution < -0.4 is 5.32 Å². The van der Waals surface area contributed by atoms with Crippen LogP contribution in [0.15, 0.2) is 82.0 Å². The molecule has 1 atom stereocenters. The number of halogens is 2. The highest BCUT2D eigenvalue weighted by molar-refractivity contribution is 6.36. The first-order chi connectivity index (χ1) is 17.9. The van der Waals surface area contributed by atoms with Crippen molar-refractivity contribution in [2.45, 2.75) is 19.4 Å². The molecule has 37 heavy (non-hydrogen) atoms. The summed E-state index contributed by atoms with van der Waals surface area (Å²) in [6.07, 6.45) is 2.30. The highest BCUT2D eigenvalue weighted by Crippen LogP contribution is 2.32. The summed E-state index contributed by atoms with van der Waals surface area (Å²) in [5, 5.41) is 3.38. The number of aromatic nitrogens is 2. The SMILES string of the molecule is CCC(OC(=O)c1ccc2nc(-c3ccco3)c(-c3ccco3)nc2c1)C(=O)Nc1ccc(Cl)cc1Cl. The van der Waals surface area contributed by atoms with Crippen molar-refractivity contribution in [3.8, 4) is 22.9 Å². The fourth-order valence-electron chi connectivity index (χ4n) is 3.68. The first-order valence-corrected chi connectivity index (χ1v) is 12.0. The molecule has 1 amide bonds. The van der Waals surface area contributed by atoms with E-state index in [-0.39, 0.29) is 17.0 Å². The molecular formula is C27H19Cl2N3O5. The van der Waals surface area contributed by atoms with Crippen molar-refractivity contribution in [3.05, 3.63) is 88.8 Å². The normalized spacial score (nSPS) is 11.9. The lowest BCUT2D eigenvalue weighted by Crippen LogP contribution is -2.32. The minimum Gasteiger partial charge on any atom is -0.463 e. The van der Waals surface area contributed by atoms with Gasteiger partial charge in [0.2, 0.25) is 0 Å². The molecule has 0 saturated heterocycles. The van der Waals surface area contributed by atoms with Gasteiger partial charge in [-0.3, -0.25) is 4.79 Å². The summed E-state index contributed by atoms with van der Waals surface area (Å²) in [4.78, 5) is 35.1. The van der Waals surface area contributed by atoms with Crippen LogP contribution in [0.4, 0.5) is 5.69 Å². The number of anilines is 1. The van der Waals surface area contributed by atoms with Crippen LogP contribution in [0.2, 0.25) is 10.0 Å². The second kappa shape index (κ2) is 10.5. The summed E-state index contributed by atoms with van der Waals surface area (Å²) >= 11 is 12.0. The molecule has 2 aromatic carbocycles. The molecule has 0 aliphatic heterocycles. The van der Waals surface area contributed by atoms with E-state index in [1.54, 1.807) is 67.8 Å². The molecule has 3 heterocycles. The Bertz CT molecular complexity index is 1580. The molecule has 0 spiro atoms. The summed E-state index contributed by atoms with van der Waals surface area (Å²) in [7, 11) is 0. The third-order valence-electron chi connectivity index (χ3n) is 5.51. The van der Waals surface area contributed by atoms with Gasteiger partial charge in [0.05, 0.1) is 39.8 Å². The molecule has 10 heteroatoms. The van der Waals surface area contributed by atoms with Gasteiger partial charge in [-0.2, -0.15) is 0 Å². The average Bonchev–Trinajstić information content (AvgIpc) is 3.62. The van der Waals surface area contributed by atoms with Crippen molar-refractivity contribution in [1.29, 1.82) is 0 Å². The number of carbonyl (C=O) groups is 2. The van der Waals surface area contributed by atoms with Crippen LogP contribution in [0.25, 0.3) is 33.9 Å². The predicted molar refractivity (Wildman–Crippen MR) is 140 cm³/mol. The molecule has 1 N–H and O–H groups in total. The summed E-state index contributed by atoms with van der Waals surface area (Å²) in [5.41, 5.74) is 2.54. The first kappa shape index (κ1) is 24.5. The number of amides is 1. The quantitative estimate of drug-likeness (QED) is 0.223. The number of hydrogen-bond donors (Lipinski definition) is 1. The van der Waals surface area contributed by atoms with Gasteiger partial charge < -0.3 is 18.9 Å². The predicted octanol–water partition coefficient (Wildman–Crippen LogP) is 7.03. The molecule has 0 aliphatic carbocycles. The number of carbonyl (C=O) groups excluding carboxylic acids is 2. The molecule has 0 fully saturated rings. The number of fused-ring (bicyclic) bond motifs is 1. The Morgan fingerprint density at radius 3 is 2.19 bits per heavy atom. The zero-order valence-corrected chi connectivity index (χ0v) is 20.9. The Morgan fingerprint density at radius 1 is 0.919 bits per heavy atom. The molecule has 186 valence electrons. The number of hydrogen-bond acceptors (Lipinski definition) is 7. The van der Waals surface area contributed by atoms with E-state index in [0.717, 1.165) is 0 Å². The lowest BCUT2D eigenvalue weighted by atomic mass is 10.1. The maximum absolute atomic E-state index is 13.0. The zero-order valence-electron chi connectivity index (χ0n) is 19.4.